The first-order valence-electron chi connectivity index (χ1n) is 12.7. The number of rotatable bonds is 5. The summed E-state index contributed by atoms with van der Waals surface area (Å²) in [6.45, 7) is 0. The molecular formula is C31H25N3O5S. The number of nitrogens with zero attached hydrogens (tertiary/aromatic N) is 3. The third-order valence-corrected chi connectivity index (χ3v) is 8.63. The minimum atomic E-state index is -1.31. The lowest BCUT2D eigenvalue weighted by Crippen LogP contribution is -2.52. The number of aromatic nitrogens is 1. The largest absolute Gasteiger partial charge is 0.497 e. The first-order valence-corrected chi connectivity index (χ1v) is 13.6. The third-order valence-electron chi connectivity index (χ3n) is 7.72. The van der Waals surface area contributed by atoms with Crippen molar-refractivity contribution in [1.82, 2.24) is 4.98 Å². The topological polar surface area (TPSA) is 96.9 Å². The molecule has 2 amide bonds. The highest BCUT2D eigenvalue weighted by molar-refractivity contribution is 7.13. The number of thiazole rings is 1. The zero-order chi connectivity index (χ0) is 28.1. The molecule has 8 nitrogen and oxygen atoms in total. The summed E-state index contributed by atoms with van der Waals surface area (Å²) in [4.78, 5) is 63.5. The second-order valence-corrected chi connectivity index (χ2v) is 10.7. The predicted octanol–water partition coefficient (Wildman–Crippen LogP) is 4.85. The van der Waals surface area contributed by atoms with Crippen molar-refractivity contribution in [3.63, 3.8) is 0 Å². The Bertz CT molecular complexity index is 1610. The number of para-hydroxylation sites is 2. The standard InChI is InChI=1S/C31H25N3O5S/c1-33-22-13-6-4-11-19(22)27(35)25(30(33)37)24(21-16-40-29(32-21)17-9-8-10-18(15-17)39-3)26-28(36)20-12-5-7-14-23(20)34(2)31(26)38/h4-16,24-26H,1-3H3/t24?,25-,26+. The van der Waals surface area contributed by atoms with Crippen LogP contribution in [0, 0.1) is 11.8 Å². The van der Waals surface area contributed by atoms with Gasteiger partial charge >= 0.3 is 0 Å². The number of hydrogen-bond acceptors (Lipinski definition) is 7. The minimum absolute atomic E-state index is 0.349. The Hall–Kier alpha value is -4.63. The van der Waals surface area contributed by atoms with Crippen LogP contribution in [-0.2, 0) is 9.59 Å². The molecule has 200 valence electrons. The van der Waals surface area contributed by atoms with E-state index in [4.69, 9.17) is 9.72 Å². The highest BCUT2D eigenvalue weighted by Gasteiger charge is 2.53. The SMILES string of the molecule is COc1cccc(-c2nc(C([C@@H]3C(=O)c4ccccc4N(C)C3=O)[C@H]3C(=O)c4ccccc4N(C)C3=O)cs2)c1. The van der Waals surface area contributed by atoms with E-state index in [1.54, 1.807) is 75.1 Å². The highest BCUT2D eigenvalue weighted by atomic mass is 32.1. The van der Waals surface area contributed by atoms with Crippen molar-refractivity contribution in [1.29, 1.82) is 0 Å². The summed E-state index contributed by atoms with van der Waals surface area (Å²) < 4.78 is 5.35. The highest BCUT2D eigenvalue weighted by Crippen LogP contribution is 2.45. The number of carbonyl (C=O) groups is 4. The number of ketones is 2. The maximum absolute atomic E-state index is 14.0. The van der Waals surface area contributed by atoms with E-state index >= 15 is 0 Å². The normalized spacial score (nSPS) is 19.4. The second kappa shape index (κ2) is 9.84. The van der Waals surface area contributed by atoms with Gasteiger partial charge in [-0.05, 0) is 36.4 Å². The fraction of sp³-hybridized carbons (Fsp3) is 0.194. The van der Waals surface area contributed by atoms with Crippen molar-refractivity contribution < 1.29 is 23.9 Å². The maximum atomic E-state index is 14.0. The molecule has 0 N–H and O–H groups in total. The lowest BCUT2D eigenvalue weighted by molar-refractivity contribution is -0.124. The van der Waals surface area contributed by atoms with Gasteiger partial charge in [0.05, 0.1) is 24.2 Å². The van der Waals surface area contributed by atoms with Gasteiger partial charge in [0.2, 0.25) is 11.8 Å². The van der Waals surface area contributed by atoms with Gasteiger partial charge in [-0.25, -0.2) is 4.98 Å². The summed E-state index contributed by atoms with van der Waals surface area (Å²) in [6.07, 6.45) is 0. The molecule has 9 heteroatoms. The van der Waals surface area contributed by atoms with Crippen LogP contribution in [0.15, 0.2) is 78.2 Å². The van der Waals surface area contributed by atoms with Crippen molar-refractivity contribution in [2.24, 2.45) is 11.8 Å². The quantitative estimate of drug-likeness (QED) is 0.329. The van der Waals surface area contributed by atoms with E-state index in [9.17, 15) is 19.2 Å². The fourth-order valence-electron chi connectivity index (χ4n) is 5.66. The molecule has 0 aliphatic carbocycles. The van der Waals surface area contributed by atoms with Crippen molar-refractivity contribution in [2.45, 2.75) is 5.92 Å². The van der Waals surface area contributed by atoms with Gasteiger partial charge in [0.1, 0.15) is 22.6 Å². The van der Waals surface area contributed by atoms with Crippen LogP contribution in [-0.4, -0.2) is 49.6 Å². The van der Waals surface area contributed by atoms with Crippen molar-refractivity contribution in [3.05, 3.63) is 95.0 Å². The van der Waals surface area contributed by atoms with Gasteiger partial charge < -0.3 is 14.5 Å². The molecule has 0 fully saturated rings. The lowest BCUT2D eigenvalue weighted by atomic mass is 9.69. The molecule has 1 aromatic heterocycles. The number of methoxy groups -OCH3 is 1. The zero-order valence-corrected chi connectivity index (χ0v) is 22.8. The molecule has 3 atom stereocenters. The number of carbonyl (C=O) groups excluding carboxylic acids is 4. The molecule has 0 bridgehead atoms. The second-order valence-electron chi connectivity index (χ2n) is 9.85. The number of ether oxygens (including phenoxy) is 1. The average Bonchev–Trinajstić information content (AvgIpc) is 3.48. The van der Waals surface area contributed by atoms with Gasteiger partial charge in [0, 0.05) is 42.1 Å². The Labute approximate surface area is 234 Å². The summed E-state index contributed by atoms with van der Waals surface area (Å²) in [5.41, 5.74) is 2.85. The molecule has 0 spiro atoms. The van der Waals surface area contributed by atoms with Crippen LogP contribution >= 0.6 is 11.3 Å². The molecule has 0 saturated heterocycles. The summed E-state index contributed by atoms with van der Waals surface area (Å²) in [6, 6.07) is 21.1. The number of anilines is 2. The van der Waals surface area contributed by atoms with E-state index < -0.39 is 41.1 Å². The smallest absolute Gasteiger partial charge is 0.238 e. The van der Waals surface area contributed by atoms with E-state index in [2.05, 4.69) is 0 Å². The van der Waals surface area contributed by atoms with Gasteiger partial charge in [0.25, 0.3) is 0 Å². The van der Waals surface area contributed by atoms with Crippen LogP contribution in [0.25, 0.3) is 10.6 Å². The number of Topliss-reactive ketones (excluding diaryl/α,β-unsaturated/α-hetero) is 2. The number of benzene rings is 3. The Morgan fingerprint density at radius 2 is 1.32 bits per heavy atom. The van der Waals surface area contributed by atoms with Gasteiger partial charge in [-0.15, -0.1) is 11.3 Å². The van der Waals surface area contributed by atoms with Crippen LogP contribution in [0.4, 0.5) is 11.4 Å². The molecule has 40 heavy (non-hydrogen) atoms. The first kappa shape index (κ1) is 25.6. The van der Waals surface area contributed by atoms with Crippen molar-refractivity contribution in [2.75, 3.05) is 31.0 Å². The predicted molar refractivity (Wildman–Crippen MR) is 152 cm³/mol. The molecule has 6 rings (SSSR count). The van der Waals surface area contributed by atoms with Crippen molar-refractivity contribution in [3.8, 4) is 16.3 Å². The van der Waals surface area contributed by atoms with E-state index in [1.165, 1.54) is 21.1 Å². The van der Waals surface area contributed by atoms with Crippen LogP contribution in [0.1, 0.15) is 32.3 Å². The first-order chi connectivity index (χ1) is 19.3. The molecule has 3 aromatic carbocycles. The lowest BCUT2D eigenvalue weighted by Gasteiger charge is -2.39. The monoisotopic (exact) mass is 551 g/mol. The molecule has 2 aliphatic heterocycles. The van der Waals surface area contributed by atoms with Gasteiger partial charge in [-0.3, -0.25) is 19.2 Å². The molecule has 4 aromatic rings. The van der Waals surface area contributed by atoms with E-state index in [-0.39, 0.29) is 0 Å². The minimum Gasteiger partial charge on any atom is -0.497 e. The molecule has 0 radical (unpaired) electrons. The van der Waals surface area contributed by atoms with Crippen LogP contribution in [0.3, 0.4) is 0 Å². The Balaban J connectivity index is 1.53. The molecule has 0 saturated carbocycles. The van der Waals surface area contributed by atoms with Gasteiger partial charge in [-0.2, -0.15) is 0 Å². The van der Waals surface area contributed by atoms with Crippen molar-refractivity contribution >= 4 is 46.1 Å². The fourth-order valence-corrected chi connectivity index (χ4v) is 6.52. The Kier molecular flexibility index (Phi) is 6.31. The van der Waals surface area contributed by atoms with E-state index in [1.807, 2.05) is 24.3 Å². The molecule has 1 unspecified atom stereocenters. The zero-order valence-electron chi connectivity index (χ0n) is 22.0. The van der Waals surface area contributed by atoms with Gasteiger partial charge in [0.15, 0.2) is 11.6 Å². The van der Waals surface area contributed by atoms with Gasteiger partial charge in [-0.1, -0.05) is 36.4 Å². The van der Waals surface area contributed by atoms with Crippen LogP contribution in [0.5, 0.6) is 5.75 Å². The Morgan fingerprint density at radius 3 is 1.88 bits per heavy atom. The molecule has 3 heterocycles. The summed E-state index contributed by atoms with van der Waals surface area (Å²) in [5.74, 6) is -4.89. The summed E-state index contributed by atoms with van der Waals surface area (Å²) in [7, 11) is 4.78. The summed E-state index contributed by atoms with van der Waals surface area (Å²) in [5, 5.41) is 2.36. The van der Waals surface area contributed by atoms with Crippen LogP contribution < -0.4 is 14.5 Å². The number of fused-ring (bicyclic) bond motifs is 2. The maximum Gasteiger partial charge on any atom is 0.238 e. The third kappa shape index (κ3) is 3.93. The number of hydrogen-bond donors (Lipinski definition) is 0. The average molecular weight is 552 g/mol. The van der Waals surface area contributed by atoms with E-state index in [0.29, 0.717) is 39.0 Å². The summed E-state index contributed by atoms with van der Waals surface area (Å²) >= 11 is 1.32. The van der Waals surface area contributed by atoms with E-state index in [0.717, 1.165) is 5.56 Å². The molecular weight excluding hydrogens is 526 g/mol. The molecule has 2 aliphatic rings. The Morgan fingerprint density at radius 1 is 0.775 bits per heavy atom. The number of amides is 2. The van der Waals surface area contributed by atoms with Crippen LogP contribution in [0.2, 0.25) is 0 Å².